The van der Waals surface area contributed by atoms with Gasteiger partial charge in [-0.3, -0.25) is 4.79 Å². The van der Waals surface area contributed by atoms with Crippen LogP contribution in [0.3, 0.4) is 0 Å². The van der Waals surface area contributed by atoms with E-state index >= 15 is 0 Å². The van der Waals surface area contributed by atoms with Crippen molar-refractivity contribution in [3.8, 4) is 0 Å². The third-order valence-corrected chi connectivity index (χ3v) is 8.92. The van der Waals surface area contributed by atoms with E-state index in [0.717, 1.165) is 31.4 Å². The Balaban J connectivity index is 1.54. The summed E-state index contributed by atoms with van der Waals surface area (Å²) in [6.07, 6.45) is 6.84. The molecule has 1 aromatic rings. The van der Waals surface area contributed by atoms with Crippen molar-refractivity contribution in [2.75, 3.05) is 0 Å². The summed E-state index contributed by atoms with van der Waals surface area (Å²) in [5.74, 6) is 1.40. The van der Waals surface area contributed by atoms with Crippen molar-refractivity contribution >= 4 is 26.0 Å². The van der Waals surface area contributed by atoms with Crippen molar-refractivity contribution in [3.63, 3.8) is 0 Å². The molecule has 0 aliphatic heterocycles. The molecule has 148 valence electrons. The van der Waals surface area contributed by atoms with Gasteiger partial charge in [-0.1, -0.05) is 12.1 Å². The van der Waals surface area contributed by atoms with Crippen LogP contribution in [0.2, 0.25) is 0 Å². The molecule has 3 N–H and O–H groups in total. The lowest BCUT2D eigenvalue weighted by Gasteiger charge is -2.56. The Morgan fingerprint density at radius 2 is 1.44 bits per heavy atom. The van der Waals surface area contributed by atoms with Gasteiger partial charge in [-0.25, -0.2) is 26.7 Å². The third-order valence-electron chi connectivity index (χ3n) is 6.39. The molecule has 4 bridgehead atoms. The smallest absolute Gasteiger partial charge is 0.265 e. The van der Waals surface area contributed by atoms with Crippen LogP contribution in [-0.2, 0) is 24.8 Å². The number of hydrogen-bond donors (Lipinski definition) is 2. The molecule has 7 nitrogen and oxygen atoms in total. The van der Waals surface area contributed by atoms with E-state index in [0.29, 0.717) is 17.8 Å². The summed E-state index contributed by atoms with van der Waals surface area (Å²) in [6, 6.07) is 5.04. The number of nitrogens with one attached hydrogen (secondary N) is 1. The van der Waals surface area contributed by atoms with Crippen LogP contribution in [0.4, 0.5) is 0 Å². The highest BCUT2D eigenvalue weighted by Crippen LogP contribution is 2.61. The van der Waals surface area contributed by atoms with Gasteiger partial charge in [0.25, 0.3) is 10.0 Å². The van der Waals surface area contributed by atoms with E-state index < -0.39 is 35.7 Å². The molecule has 9 heteroatoms. The van der Waals surface area contributed by atoms with Crippen LogP contribution in [0.1, 0.15) is 44.9 Å². The number of amides is 1. The Labute approximate surface area is 159 Å². The van der Waals surface area contributed by atoms with Gasteiger partial charge in [0, 0.05) is 6.42 Å². The third kappa shape index (κ3) is 3.64. The topological polar surface area (TPSA) is 123 Å². The lowest BCUT2D eigenvalue weighted by Crippen LogP contribution is -2.48. The van der Waals surface area contributed by atoms with Crippen molar-refractivity contribution in [2.45, 2.75) is 54.7 Å². The van der Waals surface area contributed by atoms with Gasteiger partial charge in [0.1, 0.15) is 9.79 Å². The minimum absolute atomic E-state index is 0.103. The average Bonchev–Trinajstić information content (AvgIpc) is 2.51. The van der Waals surface area contributed by atoms with Gasteiger partial charge in [-0.05, 0) is 73.8 Å². The van der Waals surface area contributed by atoms with E-state index in [1.54, 1.807) is 0 Å². The highest BCUT2D eigenvalue weighted by Gasteiger charge is 2.51. The zero-order valence-electron chi connectivity index (χ0n) is 14.9. The van der Waals surface area contributed by atoms with Gasteiger partial charge >= 0.3 is 0 Å². The maximum Gasteiger partial charge on any atom is 0.265 e. The Morgan fingerprint density at radius 1 is 0.963 bits per heavy atom. The van der Waals surface area contributed by atoms with Crippen LogP contribution < -0.4 is 9.86 Å². The van der Waals surface area contributed by atoms with E-state index in [1.165, 1.54) is 31.4 Å². The largest absolute Gasteiger partial charge is 0.274 e. The molecule has 5 rings (SSSR count). The summed E-state index contributed by atoms with van der Waals surface area (Å²) in [6.45, 7) is 0. The monoisotopic (exact) mass is 412 g/mol. The van der Waals surface area contributed by atoms with E-state index in [2.05, 4.69) is 4.72 Å². The quantitative estimate of drug-likeness (QED) is 0.762. The number of rotatable bonds is 5. The Hall–Kier alpha value is -1.45. The SMILES string of the molecule is NS(=O)(=O)c1ccccc1S(=O)(=O)NC(=O)CC12CC3CC(CC(C3)C1)C2. The second-order valence-corrected chi connectivity index (χ2v) is 11.8. The molecule has 1 aromatic carbocycles. The number of carbonyl (C=O) groups is 1. The van der Waals surface area contributed by atoms with E-state index in [9.17, 15) is 21.6 Å². The number of primary sulfonamides is 1. The second-order valence-electron chi connectivity index (χ2n) is 8.61. The molecule has 0 spiro atoms. The first-order valence-electron chi connectivity index (χ1n) is 9.24. The molecule has 1 amide bonds. The van der Waals surface area contributed by atoms with Crippen LogP contribution in [0.15, 0.2) is 34.1 Å². The fourth-order valence-electron chi connectivity index (χ4n) is 6.00. The van der Waals surface area contributed by atoms with Gasteiger partial charge in [0.05, 0.1) is 0 Å². The van der Waals surface area contributed by atoms with Crippen molar-refractivity contribution < 1.29 is 21.6 Å². The minimum Gasteiger partial charge on any atom is -0.274 e. The van der Waals surface area contributed by atoms with Crippen molar-refractivity contribution in [2.24, 2.45) is 28.3 Å². The van der Waals surface area contributed by atoms with E-state index in [-0.39, 0.29) is 11.8 Å². The van der Waals surface area contributed by atoms with Gasteiger partial charge < -0.3 is 0 Å². The van der Waals surface area contributed by atoms with Gasteiger partial charge in [0.15, 0.2) is 0 Å². The lowest BCUT2D eigenvalue weighted by molar-refractivity contribution is -0.127. The minimum atomic E-state index is -4.32. The summed E-state index contributed by atoms with van der Waals surface area (Å²) < 4.78 is 50.7. The van der Waals surface area contributed by atoms with Gasteiger partial charge in [0.2, 0.25) is 15.9 Å². The lowest BCUT2D eigenvalue weighted by atomic mass is 9.49. The number of hydrogen-bond acceptors (Lipinski definition) is 5. The summed E-state index contributed by atoms with van der Waals surface area (Å²) in [5, 5.41) is 5.12. The van der Waals surface area contributed by atoms with Gasteiger partial charge in [-0.2, -0.15) is 0 Å². The predicted molar refractivity (Wildman–Crippen MR) is 98.4 cm³/mol. The van der Waals surface area contributed by atoms with Crippen molar-refractivity contribution in [3.05, 3.63) is 24.3 Å². The standard InChI is InChI=1S/C18H24N2O5S2/c19-26(22,23)15-3-1-2-4-16(15)27(24,25)20-17(21)11-18-8-12-5-13(9-18)7-14(6-12)10-18/h1-4,12-14H,5-11H2,(H,20,21)(H2,19,22,23). The number of carbonyl (C=O) groups excluding carboxylic acids is 1. The molecule has 0 atom stereocenters. The fraction of sp³-hybridized carbons (Fsp3) is 0.611. The first-order valence-corrected chi connectivity index (χ1v) is 12.3. The first kappa shape index (κ1) is 18.9. The molecule has 0 unspecified atom stereocenters. The fourth-order valence-corrected chi connectivity index (χ4v) is 8.36. The van der Waals surface area contributed by atoms with Crippen LogP contribution in [0, 0.1) is 23.2 Å². The van der Waals surface area contributed by atoms with Crippen LogP contribution in [-0.4, -0.2) is 22.7 Å². The molecule has 4 aliphatic carbocycles. The van der Waals surface area contributed by atoms with Gasteiger partial charge in [-0.15, -0.1) is 0 Å². The second kappa shape index (κ2) is 6.28. The first-order chi connectivity index (χ1) is 12.6. The molecule has 27 heavy (non-hydrogen) atoms. The highest BCUT2D eigenvalue weighted by atomic mass is 32.2. The maximum absolute atomic E-state index is 12.6. The molecule has 0 saturated heterocycles. The number of nitrogens with two attached hydrogens (primary N) is 1. The van der Waals surface area contributed by atoms with E-state index in [4.69, 9.17) is 5.14 Å². The zero-order chi connectivity index (χ0) is 19.4. The van der Waals surface area contributed by atoms with Crippen LogP contribution in [0.5, 0.6) is 0 Å². The Morgan fingerprint density at radius 3 is 1.93 bits per heavy atom. The summed E-state index contributed by atoms with van der Waals surface area (Å²) in [7, 11) is -8.54. The Bertz CT molecular complexity index is 949. The molecular formula is C18H24N2O5S2. The molecule has 4 saturated carbocycles. The van der Waals surface area contributed by atoms with E-state index in [1.807, 2.05) is 0 Å². The van der Waals surface area contributed by atoms with Crippen LogP contribution in [0.25, 0.3) is 0 Å². The molecular weight excluding hydrogens is 388 g/mol. The molecule has 0 radical (unpaired) electrons. The number of sulfonamides is 2. The molecule has 0 aromatic heterocycles. The van der Waals surface area contributed by atoms with Crippen LogP contribution >= 0.6 is 0 Å². The molecule has 4 fully saturated rings. The summed E-state index contributed by atoms with van der Waals surface area (Å²) >= 11 is 0. The number of benzene rings is 1. The molecule has 4 aliphatic rings. The van der Waals surface area contributed by atoms with Crippen molar-refractivity contribution in [1.82, 2.24) is 4.72 Å². The Kier molecular flexibility index (Phi) is 4.40. The highest BCUT2D eigenvalue weighted by molar-refractivity contribution is 7.92. The zero-order valence-corrected chi connectivity index (χ0v) is 16.6. The maximum atomic E-state index is 12.6. The summed E-state index contributed by atoms with van der Waals surface area (Å²) in [5.41, 5.74) is -0.103. The normalized spacial score (nSPS) is 32.4. The average molecular weight is 413 g/mol. The van der Waals surface area contributed by atoms with Crippen molar-refractivity contribution in [1.29, 1.82) is 0 Å². The summed E-state index contributed by atoms with van der Waals surface area (Å²) in [4.78, 5) is 11.6. The predicted octanol–water partition coefficient (Wildman–Crippen LogP) is 1.75. The molecule has 0 heterocycles.